The minimum atomic E-state index is -0.411. The first-order chi connectivity index (χ1) is 29.8. The van der Waals surface area contributed by atoms with E-state index in [1.54, 1.807) is 0 Å². The molecule has 0 bridgehead atoms. The molecule has 0 saturated carbocycles. The molecule has 2 heterocycles. The van der Waals surface area contributed by atoms with Gasteiger partial charge in [-0.2, -0.15) is 0 Å². The van der Waals surface area contributed by atoms with Crippen LogP contribution in [-0.2, 0) is 5.41 Å². The van der Waals surface area contributed by atoms with Gasteiger partial charge in [-0.1, -0.05) is 176 Å². The summed E-state index contributed by atoms with van der Waals surface area (Å²) in [5, 5.41) is 4.95. The minimum absolute atomic E-state index is 0.411. The average Bonchev–Trinajstić information content (AvgIpc) is 3.94. The quantitative estimate of drug-likeness (QED) is 0.171. The van der Waals surface area contributed by atoms with Gasteiger partial charge in [-0.3, -0.25) is 4.98 Å². The Bertz CT molecular complexity index is 3470. The lowest BCUT2D eigenvalue weighted by Gasteiger charge is -2.33. The summed E-state index contributed by atoms with van der Waals surface area (Å²) in [6, 6.07) is 78.2. The number of rotatable bonds is 5. The van der Waals surface area contributed by atoms with Gasteiger partial charge >= 0.3 is 0 Å². The Kier molecular flexibility index (Phi) is 6.97. The molecule has 0 spiro atoms. The monoisotopic (exact) mass is 760 g/mol. The number of benzene rings is 9. The molecule has 2 aliphatic carbocycles. The van der Waals surface area contributed by atoms with Crippen molar-refractivity contribution in [3.63, 3.8) is 0 Å². The van der Waals surface area contributed by atoms with Gasteiger partial charge < -0.3 is 4.57 Å². The van der Waals surface area contributed by atoms with Gasteiger partial charge in [0.05, 0.1) is 22.1 Å². The number of hydrogen-bond donors (Lipinski definition) is 0. The molecule has 0 saturated heterocycles. The van der Waals surface area contributed by atoms with E-state index in [2.05, 4.69) is 223 Å². The molecule has 2 heteroatoms. The molecule has 2 aliphatic rings. The van der Waals surface area contributed by atoms with Crippen LogP contribution in [0.1, 0.15) is 22.3 Å². The van der Waals surface area contributed by atoms with Crippen LogP contribution in [0.25, 0.3) is 94.0 Å². The van der Waals surface area contributed by atoms with Crippen molar-refractivity contribution in [2.24, 2.45) is 0 Å². The molecule has 9 aromatic carbocycles. The van der Waals surface area contributed by atoms with E-state index in [9.17, 15) is 0 Å². The van der Waals surface area contributed by atoms with Crippen molar-refractivity contribution in [1.29, 1.82) is 0 Å². The lowest BCUT2D eigenvalue weighted by molar-refractivity contribution is 0.768. The molecule has 2 aromatic heterocycles. The summed E-state index contributed by atoms with van der Waals surface area (Å²) in [6.45, 7) is 0. The third kappa shape index (κ3) is 4.50. The standard InChI is InChI=1S/C58H36N2/c1-3-16-40(17-4-1)58(41-18-5-2-6-19-41)52-27-11-9-23-45(52)49-34-37(29-31-53(49)58)38-30-32-55-50(35-38)46-24-10-12-28-54(46)60(55)42-20-13-15-39(33-42)57-48-26-14-25-47-43-21-7-8-22-44(43)51(36-59-57)56(47)48/h1-36H. The normalized spacial score (nSPS) is 13.1. The van der Waals surface area contributed by atoms with E-state index in [1.165, 1.54) is 99.3 Å². The maximum absolute atomic E-state index is 5.15. The molecule has 0 atom stereocenters. The van der Waals surface area contributed by atoms with E-state index in [4.69, 9.17) is 4.98 Å². The maximum Gasteiger partial charge on any atom is 0.0781 e. The molecule has 0 fully saturated rings. The first-order valence-corrected chi connectivity index (χ1v) is 20.8. The first-order valence-electron chi connectivity index (χ1n) is 20.8. The number of hydrogen-bond acceptors (Lipinski definition) is 1. The van der Waals surface area contributed by atoms with Crippen molar-refractivity contribution < 1.29 is 0 Å². The fraction of sp³-hybridized carbons (Fsp3) is 0.0172. The number of aromatic nitrogens is 2. The van der Waals surface area contributed by atoms with Crippen molar-refractivity contribution in [1.82, 2.24) is 9.55 Å². The van der Waals surface area contributed by atoms with Crippen LogP contribution in [0.4, 0.5) is 0 Å². The molecule has 11 aromatic rings. The van der Waals surface area contributed by atoms with E-state index < -0.39 is 5.41 Å². The fourth-order valence-corrected chi connectivity index (χ4v) is 10.8. The van der Waals surface area contributed by atoms with Gasteiger partial charge in [0.25, 0.3) is 0 Å². The summed E-state index contributed by atoms with van der Waals surface area (Å²) in [4.78, 5) is 5.15. The van der Waals surface area contributed by atoms with Crippen LogP contribution < -0.4 is 0 Å². The van der Waals surface area contributed by atoms with Crippen LogP contribution in [0, 0.1) is 0 Å². The topological polar surface area (TPSA) is 17.8 Å². The molecule has 13 rings (SSSR count). The SMILES string of the molecule is c1ccc(C2(c3ccccc3)c3ccccc3-c3cc(-c4ccc5c(c4)c4ccccc4n5-c4cccc(-c5ncc6c7c(cccc57)-c5ccccc5-6)c4)ccc32)cc1. The molecule has 0 N–H and O–H groups in total. The molecule has 278 valence electrons. The minimum Gasteiger partial charge on any atom is -0.309 e. The third-order valence-electron chi connectivity index (χ3n) is 13.3. The number of nitrogens with zero attached hydrogens (tertiary/aromatic N) is 2. The van der Waals surface area contributed by atoms with Gasteiger partial charge in [0.15, 0.2) is 0 Å². The van der Waals surface area contributed by atoms with Crippen LogP contribution >= 0.6 is 0 Å². The summed E-state index contributed by atoms with van der Waals surface area (Å²) in [5.41, 5.74) is 20.4. The van der Waals surface area contributed by atoms with Gasteiger partial charge in [-0.15, -0.1) is 0 Å². The van der Waals surface area contributed by atoms with E-state index in [0.29, 0.717) is 0 Å². The molecular weight excluding hydrogens is 725 g/mol. The van der Waals surface area contributed by atoms with Crippen LogP contribution in [0.15, 0.2) is 219 Å². The summed E-state index contributed by atoms with van der Waals surface area (Å²) in [7, 11) is 0. The van der Waals surface area contributed by atoms with Gasteiger partial charge in [-0.25, -0.2) is 0 Å². The van der Waals surface area contributed by atoms with Crippen LogP contribution in [0.3, 0.4) is 0 Å². The average molecular weight is 761 g/mol. The highest BCUT2D eigenvalue weighted by Crippen LogP contribution is 2.57. The highest BCUT2D eigenvalue weighted by Gasteiger charge is 2.46. The Morgan fingerprint density at radius 3 is 1.77 bits per heavy atom. The zero-order valence-electron chi connectivity index (χ0n) is 32.7. The van der Waals surface area contributed by atoms with Crippen molar-refractivity contribution in [3.05, 3.63) is 241 Å². The Hall–Kier alpha value is -7.81. The summed E-state index contributed by atoms with van der Waals surface area (Å²) in [5.74, 6) is 0. The van der Waals surface area contributed by atoms with Crippen LogP contribution in [0.5, 0.6) is 0 Å². The largest absolute Gasteiger partial charge is 0.309 e. The van der Waals surface area contributed by atoms with Crippen molar-refractivity contribution >= 4 is 32.6 Å². The van der Waals surface area contributed by atoms with Gasteiger partial charge in [0.1, 0.15) is 0 Å². The second-order valence-corrected chi connectivity index (χ2v) is 16.2. The Morgan fingerprint density at radius 2 is 0.950 bits per heavy atom. The number of para-hydroxylation sites is 1. The predicted octanol–water partition coefficient (Wildman–Crippen LogP) is 14.7. The maximum atomic E-state index is 5.15. The highest BCUT2D eigenvalue weighted by atomic mass is 15.0. The second kappa shape index (κ2) is 12.6. The van der Waals surface area contributed by atoms with Crippen LogP contribution in [-0.4, -0.2) is 9.55 Å². The molecule has 0 radical (unpaired) electrons. The summed E-state index contributed by atoms with van der Waals surface area (Å²) >= 11 is 0. The van der Waals surface area contributed by atoms with Gasteiger partial charge in [-0.05, 0) is 97.6 Å². The first kappa shape index (κ1) is 33.2. The Balaban J connectivity index is 0.957. The van der Waals surface area contributed by atoms with Gasteiger partial charge in [0, 0.05) is 44.6 Å². The zero-order valence-corrected chi connectivity index (χ0v) is 32.7. The Morgan fingerprint density at radius 1 is 0.350 bits per heavy atom. The van der Waals surface area contributed by atoms with Gasteiger partial charge in [0.2, 0.25) is 0 Å². The van der Waals surface area contributed by atoms with E-state index in [0.717, 1.165) is 16.9 Å². The molecule has 60 heavy (non-hydrogen) atoms. The van der Waals surface area contributed by atoms with E-state index in [-0.39, 0.29) is 0 Å². The summed E-state index contributed by atoms with van der Waals surface area (Å²) in [6.07, 6.45) is 2.07. The number of fused-ring (bicyclic) bond motifs is 9. The third-order valence-corrected chi connectivity index (χ3v) is 13.3. The molecule has 0 aliphatic heterocycles. The molecule has 2 nitrogen and oxygen atoms in total. The van der Waals surface area contributed by atoms with E-state index in [1.807, 2.05) is 0 Å². The Labute approximate surface area is 348 Å². The second-order valence-electron chi connectivity index (χ2n) is 16.2. The smallest absolute Gasteiger partial charge is 0.0781 e. The van der Waals surface area contributed by atoms with Crippen molar-refractivity contribution in [3.8, 4) is 61.5 Å². The van der Waals surface area contributed by atoms with E-state index >= 15 is 0 Å². The highest BCUT2D eigenvalue weighted by molar-refractivity contribution is 6.18. The summed E-state index contributed by atoms with van der Waals surface area (Å²) < 4.78 is 2.42. The predicted molar refractivity (Wildman–Crippen MR) is 249 cm³/mol. The molecular formula is C58H36N2. The lowest BCUT2D eigenvalue weighted by Crippen LogP contribution is -2.28. The zero-order chi connectivity index (χ0) is 39.4. The number of pyridine rings is 1. The molecule has 0 amide bonds. The molecule has 0 unspecified atom stereocenters. The lowest BCUT2D eigenvalue weighted by atomic mass is 9.67. The van der Waals surface area contributed by atoms with Crippen molar-refractivity contribution in [2.45, 2.75) is 5.41 Å². The van der Waals surface area contributed by atoms with Crippen LogP contribution in [0.2, 0.25) is 0 Å². The van der Waals surface area contributed by atoms with Crippen molar-refractivity contribution in [2.75, 3.05) is 0 Å². The fourth-order valence-electron chi connectivity index (χ4n) is 10.8.